The Morgan fingerprint density at radius 2 is 1.67 bits per heavy atom. The van der Waals surface area contributed by atoms with Crippen molar-refractivity contribution in [1.29, 1.82) is 0 Å². The van der Waals surface area contributed by atoms with Gasteiger partial charge in [-0.3, -0.25) is 0 Å². The maximum atomic E-state index is 13.1. The van der Waals surface area contributed by atoms with Crippen molar-refractivity contribution < 1.29 is 36.3 Å². The topological polar surface area (TPSA) is 70.7 Å². The number of amides is 2. The summed E-state index contributed by atoms with van der Waals surface area (Å²) in [6, 6.07) is 5.06. The first-order valence-corrected chi connectivity index (χ1v) is 9.16. The van der Waals surface area contributed by atoms with E-state index < -0.39 is 36.7 Å². The summed E-state index contributed by atoms with van der Waals surface area (Å²) < 4.78 is 67.5. The van der Waals surface area contributed by atoms with Crippen molar-refractivity contribution in [3.8, 4) is 0 Å². The average molecular weight is 435 g/mol. The van der Waals surface area contributed by atoms with Crippen LogP contribution in [0.1, 0.15) is 32.4 Å². The average Bonchev–Trinajstić information content (AvgIpc) is 2.66. The van der Waals surface area contributed by atoms with E-state index in [9.17, 15) is 31.5 Å². The van der Waals surface area contributed by atoms with Crippen molar-refractivity contribution in [3.63, 3.8) is 0 Å². The third kappa shape index (κ3) is 5.00. The molecule has 0 spiro atoms. The minimum absolute atomic E-state index is 0.00288. The molecule has 0 aromatic heterocycles. The predicted molar refractivity (Wildman–Crippen MR) is 99.1 cm³/mol. The van der Waals surface area contributed by atoms with Gasteiger partial charge in [-0.1, -0.05) is 12.1 Å². The van der Waals surface area contributed by atoms with Crippen LogP contribution in [-0.2, 0) is 9.53 Å². The number of carbonyl (C=O) groups excluding carboxylic acids is 2. The monoisotopic (exact) mass is 435 g/mol. The summed E-state index contributed by atoms with van der Waals surface area (Å²) in [5.41, 5.74) is 1.06. The number of nitrogens with zero attached hydrogens (tertiary/aromatic N) is 1. The molecule has 1 aromatic rings. The molecule has 0 bridgehead atoms. The molecule has 0 saturated carbocycles. The van der Waals surface area contributed by atoms with E-state index in [4.69, 9.17) is 0 Å². The normalized spacial score (nSPS) is 17.3. The number of hydrogen-bond acceptors (Lipinski definition) is 4. The van der Waals surface area contributed by atoms with Gasteiger partial charge in [0, 0.05) is 24.5 Å². The van der Waals surface area contributed by atoms with Crippen molar-refractivity contribution >= 4 is 17.7 Å². The lowest BCUT2D eigenvalue weighted by Gasteiger charge is -2.29. The number of carbonyl (C=O) groups is 2. The SMILES string of the molecule is CCN(CC)c1ccc([C@@H]2NC(=O)NC(C)=C2C(=O)OCC(F)(F)C(F)(F)F)cc1. The number of halogens is 5. The molecule has 0 radical (unpaired) electrons. The standard InChI is InChI=1S/C19H22F5N3O3/c1-4-27(5-2)13-8-6-12(7-9-13)15-14(11(3)25-17(29)26-15)16(28)30-10-18(20,21)19(22,23)24/h6-9,15H,4-5,10H2,1-3H3,(H2,25,26,29)/t15-/m0/s1. The molecular weight excluding hydrogens is 413 g/mol. The van der Waals surface area contributed by atoms with E-state index in [1.807, 2.05) is 13.8 Å². The zero-order valence-corrected chi connectivity index (χ0v) is 16.6. The Morgan fingerprint density at radius 3 is 2.17 bits per heavy atom. The van der Waals surface area contributed by atoms with Gasteiger partial charge in [-0.05, 0) is 38.5 Å². The highest BCUT2D eigenvalue weighted by Crippen LogP contribution is 2.36. The first-order valence-electron chi connectivity index (χ1n) is 9.16. The predicted octanol–water partition coefficient (Wildman–Crippen LogP) is 3.90. The van der Waals surface area contributed by atoms with E-state index in [1.165, 1.54) is 6.92 Å². The summed E-state index contributed by atoms with van der Waals surface area (Å²) in [6.07, 6.45) is -5.85. The number of hydrogen-bond donors (Lipinski definition) is 2. The summed E-state index contributed by atoms with van der Waals surface area (Å²) in [5.74, 6) is -6.58. The van der Waals surface area contributed by atoms with Crippen molar-refractivity contribution in [2.75, 3.05) is 24.6 Å². The third-order valence-electron chi connectivity index (χ3n) is 4.64. The molecule has 6 nitrogen and oxygen atoms in total. The van der Waals surface area contributed by atoms with Crippen LogP contribution in [0.15, 0.2) is 35.5 Å². The summed E-state index contributed by atoms with van der Waals surface area (Å²) in [4.78, 5) is 26.3. The van der Waals surface area contributed by atoms with E-state index in [1.54, 1.807) is 24.3 Å². The minimum Gasteiger partial charge on any atom is -0.455 e. The van der Waals surface area contributed by atoms with Gasteiger partial charge in [0.2, 0.25) is 0 Å². The van der Waals surface area contributed by atoms with Crippen LogP contribution in [0.4, 0.5) is 32.4 Å². The molecule has 0 unspecified atom stereocenters. The lowest BCUT2D eigenvalue weighted by Crippen LogP contribution is -2.46. The second-order valence-corrected chi connectivity index (χ2v) is 6.61. The zero-order valence-electron chi connectivity index (χ0n) is 16.6. The molecule has 11 heteroatoms. The van der Waals surface area contributed by atoms with E-state index in [-0.39, 0.29) is 11.3 Å². The number of nitrogens with one attached hydrogen (secondary N) is 2. The van der Waals surface area contributed by atoms with Crippen LogP contribution in [-0.4, -0.2) is 43.8 Å². The van der Waals surface area contributed by atoms with Crippen molar-refractivity contribution in [3.05, 3.63) is 41.1 Å². The van der Waals surface area contributed by atoms with Gasteiger partial charge < -0.3 is 20.3 Å². The van der Waals surface area contributed by atoms with Crippen molar-refractivity contribution in [2.24, 2.45) is 0 Å². The Morgan fingerprint density at radius 1 is 1.10 bits per heavy atom. The number of rotatable bonds is 7. The second-order valence-electron chi connectivity index (χ2n) is 6.61. The van der Waals surface area contributed by atoms with Gasteiger partial charge in [0.1, 0.15) is 0 Å². The Labute approximate surface area is 170 Å². The minimum atomic E-state index is -5.85. The maximum absolute atomic E-state index is 13.1. The summed E-state index contributed by atoms with van der Waals surface area (Å²) in [5, 5.41) is 4.76. The molecule has 2 N–H and O–H groups in total. The van der Waals surface area contributed by atoms with Crippen molar-refractivity contribution in [1.82, 2.24) is 10.6 Å². The van der Waals surface area contributed by atoms with E-state index >= 15 is 0 Å². The van der Waals surface area contributed by atoms with Gasteiger partial charge in [0.25, 0.3) is 0 Å². The number of alkyl halides is 5. The molecular formula is C19H22F5N3O3. The van der Waals surface area contributed by atoms with Gasteiger partial charge in [0.05, 0.1) is 11.6 Å². The Bertz CT molecular complexity index is 818. The number of allylic oxidation sites excluding steroid dienone is 1. The highest BCUT2D eigenvalue weighted by atomic mass is 19.4. The number of esters is 1. The van der Waals surface area contributed by atoms with Crippen LogP contribution in [0.25, 0.3) is 0 Å². The summed E-state index contributed by atoms with van der Waals surface area (Å²) >= 11 is 0. The van der Waals surface area contributed by atoms with Crippen LogP contribution in [0.2, 0.25) is 0 Å². The van der Waals surface area contributed by atoms with E-state index in [2.05, 4.69) is 20.3 Å². The smallest absolute Gasteiger partial charge is 0.455 e. The highest BCUT2D eigenvalue weighted by Gasteiger charge is 2.58. The zero-order chi connectivity index (χ0) is 22.7. The molecule has 1 aliphatic rings. The molecule has 1 atom stereocenters. The first kappa shape index (κ1) is 23.4. The lowest BCUT2D eigenvalue weighted by atomic mass is 9.95. The molecule has 0 fully saturated rings. The number of urea groups is 1. The first-order chi connectivity index (χ1) is 13.9. The molecule has 30 heavy (non-hydrogen) atoms. The van der Waals surface area contributed by atoms with Gasteiger partial charge in [-0.25, -0.2) is 9.59 Å². The third-order valence-corrected chi connectivity index (χ3v) is 4.64. The molecule has 1 aliphatic heterocycles. The Balaban J connectivity index is 2.29. The Kier molecular flexibility index (Phi) is 6.94. The molecule has 1 aromatic carbocycles. The summed E-state index contributed by atoms with van der Waals surface area (Å²) in [7, 11) is 0. The van der Waals surface area contributed by atoms with E-state index in [0.717, 1.165) is 18.8 Å². The van der Waals surface area contributed by atoms with Crippen molar-refractivity contribution in [2.45, 2.75) is 38.9 Å². The number of anilines is 1. The van der Waals surface area contributed by atoms with Crippen LogP contribution in [0.5, 0.6) is 0 Å². The highest BCUT2D eigenvalue weighted by molar-refractivity contribution is 5.95. The van der Waals surface area contributed by atoms with Crippen LogP contribution in [0.3, 0.4) is 0 Å². The van der Waals surface area contributed by atoms with Gasteiger partial charge in [-0.2, -0.15) is 22.0 Å². The quantitative estimate of drug-likeness (QED) is 0.504. The molecule has 166 valence electrons. The molecule has 0 saturated heterocycles. The fourth-order valence-corrected chi connectivity index (χ4v) is 3.00. The summed E-state index contributed by atoms with van der Waals surface area (Å²) in [6.45, 7) is 4.62. The van der Waals surface area contributed by atoms with Crippen LogP contribution in [0, 0.1) is 0 Å². The maximum Gasteiger partial charge on any atom is 0.456 e. The largest absolute Gasteiger partial charge is 0.456 e. The Hall–Kier alpha value is -2.85. The van der Waals surface area contributed by atoms with Crippen LogP contribution < -0.4 is 15.5 Å². The van der Waals surface area contributed by atoms with Crippen LogP contribution >= 0.6 is 0 Å². The second kappa shape index (κ2) is 8.88. The molecule has 2 rings (SSSR count). The van der Waals surface area contributed by atoms with E-state index in [0.29, 0.717) is 5.56 Å². The number of ether oxygens (including phenoxy) is 1. The molecule has 2 amide bonds. The van der Waals surface area contributed by atoms with Gasteiger partial charge in [-0.15, -0.1) is 0 Å². The lowest BCUT2D eigenvalue weighted by molar-refractivity contribution is -0.293. The fraction of sp³-hybridized carbons (Fsp3) is 0.474. The fourth-order valence-electron chi connectivity index (χ4n) is 3.00. The van der Waals surface area contributed by atoms with Gasteiger partial charge in [0.15, 0.2) is 6.61 Å². The number of benzene rings is 1. The molecule has 1 heterocycles. The van der Waals surface area contributed by atoms with Gasteiger partial charge >= 0.3 is 24.1 Å². The molecule has 0 aliphatic carbocycles.